The third kappa shape index (κ3) is 3.00. The van der Waals surface area contributed by atoms with E-state index < -0.39 is 0 Å². The maximum Gasteiger partial charge on any atom is 0.123 e. The van der Waals surface area contributed by atoms with Gasteiger partial charge in [0.2, 0.25) is 0 Å². The van der Waals surface area contributed by atoms with Gasteiger partial charge in [0.05, 0.1) is 5.01 Å². The van der Waals surface area contributed by atoms with Crippen LogP contribution in [0.1, 0.15) is 10.6 Å². The van der Waals surface area contributed by atoms with E-state index in [0.717, 1.165) is 27.7 Å². The predicted octanol–water partition coefficient (Wildman–Crippen LogP) is 4.55. The van der Waals surface area contributed by atoms with Crippen molar-refractivity contribution in [2.45, 2.75) is 11.8 Å². The number of nitrogens with zero attached hydrogens (tertiary/aromatic N) is 1. The molecule has 0 saturated heterocycles. The summed E-state index contributed by atoms with van der Waals surface area (Å²) < 4.78 is 13.4. The molecule has 2 rings (SSSR count). The lowest BCUT2D eigenvalue weighted by molar-refractivity contribution is 0.540. The molecule has 0 unspecified atom stereocenters. The fourth-order valence-corrected chi connectivity index (χ4v) is 4.57. The van der Waals surface area contributed by atoms with Gasteiger partial charge in [0.25, 0.3) is 0 Å². The zero-order valence-corrected chi connectivity index (χ0v) is 13.6. The molecule has 0 aliphatic carbocycles. The number of aromatic nitrogens is 1. The van der Waals surface area contributed by atoms with Crippen LogP contribution in [0.15, 0.2) is 35.8 Å². The van der Waals surface area contributed by atoms with Gasteiger partial charge >= 0.3 is 0 Å². The first-order valence-electron chi connectivity index (χ1n) is 5.46. The molecule has 1 aromatic heterocycles. The van der Waals surface area contributed by atoms with Gasteiger partial charge < -0.3 is 0 Å². The van der Waals surface area contributed by atoms with Gasteiger partial charge in [-0.05, 0) is 17.7 Å². The second-order valence-corrected chi connectivity index (χ2v) is 6.26. The van der Waals surface area contributed by atoms with E-state index in [-0.39, 0.29) is 11.2 Å². The van der Waals surface area contributed by atoms with Crippen molar-refractivity contribution in [3.63, 3.8) is 0 Å². The summed E-state index contributed by atoms with van der Waals surface area (Å²) in [4.78, 5) is 4.33. The SMILES string of the molecule is Fc1cccc(C(CBr)(CBr)Cc2nccs2)c1. The highest BCUT2D eigenvalue weighted by atomic mass is 79.9. The van der Waals surface area contributed by atoms with Crippen LogP contribution >= 0.6 is 43.2 Å². The number of hydrogen-bond donors (Lipinski definition) is 0. The Bertz CT molecular complexity index is 497. The number of alkyl halides is 2. The minimum absolute atomic E-state index is 0.167. The summed E-state index contributed by atoms with van der Waals surface area (Å²) >= 11 is 8.76. The molecule has 0 fully saturated rings. The number of thiazole rings is 1. The molecule has 0 spiro atoms. The van der Waals surface area contributed by atoms with Gasteiger partial charge in [0.15, 0.2) is 0 Å². The quantitative estimate of drug-likeness (QED) is 0.680. The minimum atomic E-state index is -0.196. The summed E-state index contributed by atoms with van der Waals surface area (Å²) in [7, 11) is 0. The topological polar surface area (TPSA) is 12.9 Å². The van der Waals surface area contributed by atoms with Crippen LogP contribution in [-0.2, 0) is 11.8 Å². The number of hydrogen-bond acceptors (Lipinski definition) is 2. The molecule has 1 heterocycles. The molecule has 0 bridgehead atoms. The van der Waals surface area contributed by atoms with Crippen LogP contribution in [0.4, 0.5) is 4.39 Å². The second-order valence-electron chi connectivity index (χ2n) is 4.16. The standard InChI is InChI=1S/C13H12Br2FNS/c14-8-13(9-15,7-12-17-4-5-18-12)10-2-1-3-11(16)6-10/h1-6H,7-9H2. The molecule has 96 valence electrons. The molecule has 0 atom stereocenters. The summed E-state index contributed by atoms with van der Waals surface area (Å²) in [6.45, 7) is 0. The fourth-order valence-electron chi connectivity index (χ4n) is 1.83. The van der Waals surface area contributed by atoms with Crippen molar-refractivity contribution in [3.05, 3.63) is 52.2 Å². The Labute approximate surface area is 127 Å². The number of rotatable bonds is 5. The van der Waals surface area contributed by atoms with Crippen LogP contribution in [0.2, 0.25) is 0 Å². The van der Waals surface area contributed by atoms with Crippen molar-refractivity contribution >= 4 is 43.2 Å². The molecular weight excluding hydrogens is 381 g/mol. The molecule has 18 heavy (non-hydrogen) atoms. The van der Waals surface area contributed by atoms with Crippen LogP contribution in [0.3, 0.4) is 0 Å². The summed E-state index contributed by atoms with van der Waals surface area (Å²) in [6.07, 6.45) is 2.60. The van der Waals surface area contributed by atoms with E-state index in [0.29, 0.717) is 0 Å². The molecule has 0 amide bonds. The molecule has 2 aromatic rings. The van der Waals surface area contributed by atoms with Gasteiger partial charge in [-0.3, -0.25) is 0 Å². The van der Waals surface area contributed by atoms with Crippen molar-refractivity contribution in [2.75, 3.05) is 10.7 Å². The number of benzene rings is 1. The highest BCUT2D eigenvalue weighted by Gasteiger charge is 2.31. The lowest BCUT2D eigenvalue weighted by Crippen LogP contribution is -2.33. The van der Waals surface area contributed by atoms with Crippen LogP contribution in [0, 0.1) is 5.82 Å². The molecule has 1 aromatic carbocycles. The average molecular weight is 393 g/mol. The first-order chi connectivity index (χ1) is 8.70. The van der Waals surface area contributed by atoms with Crippen LogP contribution in [0.25, 0.3) is 0 Å². The first kappa shape index (κ1) is 14.2. The first-order valence-corrected chi connectivity index (χ1v) is 8.59. The maximum absolute atomic E-state index is 13.4. The fraction of sp³-hybridized carbons (Fsp3) is 0.308. The average Bonchev–Trinajstić information content (AvgIpc) is 2.89. The van der Waals surface area contributed by atoms with Crippen molar-refractivity contribution in [1.82, 2.24) is 4.98 Å². The Kier molecular flexibility index (Phi) is 4.92. The van der Waals surface area contributed by atoms with Gasteiger partial charge in [0, 0.05) is 34.1 Å². The highest BCUT2D eigenvalue weighted by molar-refractivity contribution is 9.09. The van der Waals surface area contributed by atoms with E-state index in [1.165, 1.54) is 6.07 Å². The molecule has 1 nitrogen and oxygen atoms in total. The molecule has 5 heteroatoms. The highest BCUT2D eigenvalue weighted by Crippen LogP contribution is 2.33. The van der Waals surface area contributed by atoms with E-state index in [2.05, 4.69) is 36.8 Å². The van der Waals surface area contributed by atoms with Crippen LogP contribution in [0.5, 0.6) is 0 Å². The van der Waals surface area contributed by atoms with Gasteiger partial charge in [-0.25, -0.2) is 9.37 Å². The van der Waals surface area contributed by atoms with E-state index >= 15 is 0 Å². The maximum atomic E-state index is 13.4. The predicted molar refractivity (Wildman–Crippen MR) is 81.5 cm³/mol. The monoisotopic (exact) mass is 391 g/mol. The molecule has 0 aliphatic heterocycles. The third-order valence-electron chi connectivity index (χ3n) is 2.92. The van der Waals surface area contributed by atoms with Gasteiger partial charge in [-0.15, -0.1) is 11.3 Å². The smallest absolute Gasteiger partial charge is 0.123 e. The molecule has 0 radical (unpaired) electrons. The lowest BCUT2D eigenvalue weighted by Gasteiger charge is -2.29. The Morgan fingerprint density at radius 2 is 2.06 bits per heavy atom. The molecule has 0 saturated carbocycles. The van der Waals surface area contributed by atoms with Crippen LogP contribution in [-0.4, -0.2) is 15.6 Å². The van der Waals surface area contributed by atoms with E-state index in [9.17, 15) is 4.39 Å². The summed E-state index contributed by atoms with van der Waals surface area (Å²) in [5.41, 5.74) is 0.825. The van der Waals surface area contributed by atoms with Gasteiger partial charge in [0.1, 0.15) is 5.82 Å². The summed E-state index contributed by atoms with van der Waals surface area (Å²) in [5.74, 6) is -0.196. The van der Waals surface area contributed by atoms with Crippen molar-refractivity contribution in [2.24, 2.45) is 0 Å². The Hall–Kier alpha value is -0.260. The zero-order chi connectivity index (χ0) is 13.0. The van der Waals surface area contributed by atoms with Crippen molar-refractivity contribution in [1.29, 1.82) is 0 Å². The third-order valence-corrected chi connectivity index (χ3v) is 5.85. The summed E-state index contributed by atoms with van der Waals surface area (Å²) in [6, 6.07) is 6.81. The Morgan fingerprint density at radius 3 is 2.61 bits per heavy atom. The van der Waals surface area contributed by atoms with Crippen molar-refractivity contribution in [3.8, 4) is 0 Å². The minimum Gasteiger partial charge on any atom is -0.250 e. The second kappa shape index (κ2) is 6.26. The molecule has 0 aliphatic rings. The van der Waals surface area contributed by atoms with Gasteiger partial charge in [-0.2, -0.15) is 0 Å². The normalized spacial score (nSPS) is 11.7. The largest absolute Gasteiger partial charge is 0.250 e. The van der Waals surface area contributed by atoms with E-state index in [1.54, 1.807) is 29.7 Å². The Balaban J connectivity index is 2.37. The molecular formula is C13H12Br2FNS. The van der Waals surface area contributed by atoms with Gasteiger partial charge in [-0.1, -0.05) is 44.0 Å². The van der Waals surface area contributed by atoms with E-state index in [4.69, 9.17) is 0 Å². The van der Waals surface area contributed by atoms with Crippen molar-refractivity contribution < 1.29 is 4.39 Å². The van der Waals surface area contributed by atoms with Crippen LogP contribution < -0.4 is 0 Å². The lowest BCUT2D eigenvalue weighted by atomic mass is 9.81. The molecule has 0 N–H and O–H groups in total. The Morgan fingerprint density at radius 1 is 1.28 bits per heavy atom. The summed E-state index contributed by atoms with van der Waals surface area (Å²) in [5, 5.41) is 4.55. The zero-order valence-electron chi connectivity index (χ0n) is 9.57. The number of halogens is 3. The van der Waals surface area contributed by atoms with E-state index in [1.807, 2.05) is 11.4 Å².